The molecular formula is C25H32F4N4O2. The Morgan fingerprint density at radius 2 is 1.89 bits per heavy atom. The lowest BCUT2D eigenvalue weighted by molar-refractivity contribution is -0.147. The third-order valence-electron chi connectivity index (χ3n) is 7.79. The van der Waals surface area contributed by atoms with E-state index in [1.807, 2.05) is 12.5 Å². The molecule has 10 heteroatoms. The van der Waals surface area contributed by atoms with Crippen LogP contribution in [0.2, 0.25) is 0 Å². The number of likely N-dealkylation sites (tertiary alicyclic amines) is 1. The Morgan fingerprint density at radius 3 is 2.49 bits per heavy atom. The fourth-order valence-corrected chi connectivity index (χ4v) is 5.67. The highest BCUT2D eigenvalue weighted by atomic mass is 19.4. The molecule has 0 spiro atoms. The maximum Gasteiger partial charge on any atom is 0.416 e. The Labute approximate surface area is 202 Å². The van der Waals surface area contributed by atoms with E-state index in [4.69, 9.17) is 0 Å². The van der Waals surface area contributed by atoms with Gasteiger partial charge in [0.05, 0.1) is 22.9 Å². The fraction of sp³-hybridized carbons (Fsp3) is 0.600. The highest BCUT2D eigenvalue weighted by Gasteiger charge is 2.55. The molecule has 2 N–H and O–H groups in total. The maximum absolute atomic E-state index is 13.8. The van der Waals surface area contributed by atoms with E-state index in [1.165, 1.54) is 0 Å². The van der Waals surface area contributed by atoms with Gasteiger partial charge in [0.2, 0.25) is 5.91 Å². The molecule has 1 amide bonds. The highest BCUT2D eigenvalue weighted by molar-refractivity contribution is 5.84. The summed E-state index contributed by atoms with van der Waals surface area (Å²) in [5, 5.41) is 13.7. The van der Waals surface area contributed by atoms with E-state index in [0.29, 0.717) is 24.9 Å². The average Bonchev–Trinajstić information content (AvgIpc) is 3.47. The molecule has 2 heterocycles. The van der Waals surface area contributed by atoms with Crippen LogP contribution >= 0.6 is 0 Å². The number of benzene rings is 1. The van der Waals surface area contributed by atoms with Gasteiger partial charge in [-0.1, -0.05) is 0 Å². The molecule has 4 rings (SSSR count). The van der Waals surface area contributed by atoms with Crippen molar-refractivity contribution in [2.24, 2.45) is 5.41 Å². The molecule has 192 valence electrons. The van der Waals surface area contributed by atoms with Crippen LogP contribution in [0.15, 0.2) is 36.9 Å². The van der Waals surface area contributed by atoms with Crippen molar-refractivity contribution >= 4 is 5.91 Å². The van der Waals surface area contributed by atoms with Gasteiger partial charge in [-0.15, -0.1) is 0 Å². The number of nitrogens with one attached hydrogen (secondary N) is 1. The van der Waals surface area contributed by atoms with Crippen LogP contribution in [0.5, 0.6) is 0 Å². The van der Waals surface area contributed by atoms with Crippen molar-refractivity contribution in [2.45, 2.75) is 76.4 Å². The van der Waals surface area contributed by atoms with E-state index in [-0.39, 0.29) is 18.2 Å². The molecule has 6 nitrogen and oxygen atoms in total. The highest BCUT2D eigenvalue weighted by Crippen LogP contribution is 2.49. The molecule has 2 fully saturated rings. The SMILES string of the molecule is CC(C)(O)[C@]1(C(=O)NCc2cc(F)cc(C(F)(F)F)c2)CC[C@@H](N2CCC(n3ccnc3)CC2)C1. The van der Waals surface area contributed by atoms with Gasteiger partial charge in [-0.2, -0.15) is 13.2 Å². The first-order valence-electron chi connectivity index (χ1n) is 12.0. The zero-order valence-electron chi connectivity index (χ0n) is 20.0. The number of nitrogens with zero attached hydrogens (tertiary/aromatic N) is 3. The quantitative estimate of drug-likeness (QED) is 0.585. The lowest BCUT2D eigenvalue weighted by Gasteiger charge is -2.41. The maximum atomic E-state index is 13.8. The third-order valence-corrected chi connectivity index (χ3v) is 7.79. The zero-order chi connectivity index (χ0) is 25.4. The smallest absolute Gasteiger partial charge is 0.389 e. The normalized spacial score (nSPS) is 24.6. The second-order valence-corrected chi connectivity index (χ2v) is 10.3. The van der Waals surface area contributed by atoms with Gasteiger partial charge < -0.3 is 19.9 Å². The molecule has 0 unspecified atom stereocenters. The van der Waals surface area contributed by atoms with Crippen molar-refractivity contribution in [2.75, 3.05) is 13.1 Å². The van der Waals surface area contributed by atoms with Gasteiger partial charge in [-0.05, 0) is 69.7 Å². The van der Waals surface area contributed by atoms with Gasteiger partial charge >= 0.3 is 6.18 Å². The van der Waals surface area contributed by atoms with E-state index in [9.17, 15) is 27.5 Å². The first kappa shape index (κ1) is 25.6. The van der Waals surface area contributed by atoms with Gasteiger partial charge in [0.15, 0.2) is 0 Å². The van der Waals surface area contributed by atoms with E-state index in [1.54, 1.807) is 20.0 Å². The number of carbonyl (C=O) groups excluding carboxylic acids is 1. The van der Waals surface area contributed by atoms with Crippen molar-refractivity contribution in [1.29, 1.82) is 0 Å². The van der Waals surface area contributed by atoms with Gasteiger partial charge in [0.25, 0.3) is 0 Å². The summed E-state index contributed by atoms with van der Waals surface area (Å²) in [6.07, 6.45) is 4.48. The largest absolute Gasteiger partial charge is 0.416 e. The molecule has 2 aliphatic rings. The standard InChI is InChI=1S/C25H32F4N4O2/c1-23(2,35)24(22(34)31-15-17-11-18(25(27,28)29)13-19(26)12-17)6-3-21(14-24)32-8-4-20(5-9-32)33-10-7-30-16-33/h7,10-13,16,20-21,35H,3-6,8-9,14-15H2,1-2H3,(H,31,34)/t21-,24-/m1/s1. The Kier molecular flexibility index (Phi) is 6.98. The van der Waals surface area contributed by atoms with E-state index in [0.717, 1.165) is 44.5 Å². The molecule has 1 aromatic heterocycles. The van der Waals surface area contributed by atoms with Crippen LogP contribution in [0.1, 0.15) is 63.1 Å². The summed E-state index contributed by atoms with van der Waals surface area (Å²) in [5.41, 5.74) is -3.49. The zero-order valence-corrected chi connectivity index (χ0v) is 20.0. The van der Waals surface area contributed by atoms with Crippen LogP contribution in [0.4, 0.5) is 17.6 Å². The monoisotopic (exact) mass is 496 g/mol. The first-order valence-corrected chi connectivity index (χ1v) is 12.0. The third kappa shape index (κ3) is 5.38. The summed E-state index contributed by atoms with van der Waals surface area (Å²) in [4.78, 5) is 19.9. The minimum absolute atomic E-state index is 0.0210. The van der Waals surface area contributed by atoms with Gasteiger partial charge in [0.1, 0.15) is 5.82 Å². The second kappa shape index (κ2) is 9.54. The Bertz CT molecular complexity index is 1030. The summed E-state index contributed by atoms with van der Waals surface area (Å²) in [5.74, 6) is -1.43. The molecule has 1 aromatic carbocycles. The van der Waals surface area contributed by atoms with E-state index >= 15 is 0 Å². The lowest BCUT2D eigenvalue weighted by atomic mass is 9.71. The molecule has 1 saturated heterocycles. The Morgan fingerprint density at radius 1 is 1.17 bits per heavy atom. The molecule has 35 heavy (non-hydrogen) atoms. The molecule has 2 atom stereocenters. The molecule has 1 aliphatic heterocycles. The van der Waals surface area contributed by atoms with E-state index < -0.39 is 34.5 Å². The van der Waals surface area contributed by atoms with Gasteiger partial charge in [0, 0.05) is 44.1 Å². The minimum atomic E-state index is -4.68. The summed E-state index contributed by atoms with van der Waals surface area (Å²) >= 11 is 0. The lowest BCUT2D eigenvalue weighted by Crippen LogP contribution is -2.53. The van der Waals surface area contributed by atoms with Crippen molar-refractivity contribution in [1.82, 2.24) is 19.8 Å². The number of hydrogen-bond acceptors (Lipinski definition) is 4. The molecule has 0 radical (unpaired) electrons. The predicted octanol–water partition coefficient (Wildman–Crippen LogP) is 4.30. The molecule has 1 saturated carbocycles. The van der Waals surface area contributed by atoms with Crippen LogP contribution in [0.3, 0.4) is 0 Å². The molecule has 0 bridgehead atoms. The number of hydrogen-bond donors (Lipinski definition) is 2. The topological polar surface area (TPSA) is 70.4 Å². The van der Waals surface area contributed by atoms with Crippen LogP contribution in [0.25, 0.3) is 0 Å². The summed E-state index contributed by atoms with van der Waals surface area (Å²) in [6.45, 7) is 4.70. The molecule has 1 aliphatic carbocycles. The Balaban J connectivity index is 1.42. The number of amides is 1. The fourth-order valence-electron chi connectivity index (χ4n) is 5.67. The predicted molar refractivity (Wildman–Crippen MR) is 122 cm³/mol. The summed E-state index contributed by atoms with van der Waals surface area (Å²) < 4.78 is 55.0. The van der Waals surface area contributed by atoms with E-state index in [2.05, 4.69) is 19.8 Å². The number of imidazole rings is 1. The molecular weight excluding hydrogens is 464 g/mol. The molecule has 2 aromatic rings. The number of alkyl halides is 3. The van der Waals surface area contributed by atoms with Crippen LogP contribution in [-0.2, 0) is 17.5 Å². The van der Waals surface area contributed by atoms with Crippen LogP contribution in [0, 0.1) is 11.2 Å². The number of aliphatic hydroxyl groups is 1. The van der Waals surface area contributed by atoms with Crippen molar-refractivity contribution < 1.29 is 27.5 Å². The number of rotatable bonds is 6. The number of carbonyl (C=O) groups is 1. The second-order valence-electron chi connectivity index (χ2n) is 10.3. The van der Waals surface area contributed by atoms with Gasteiger partial charge in [-0.3, -0.25) is 4.79 Å². The number of piperidine rings is 1. The summed E-state index contributed by atoms with van der Waals surface area (Å²) in [7, 11) is 0. The first-order chi connectivity index (χ1) is 16.4. The Hall–Kier alpha value is -2.46. The number of halogens is 4. The average molecular weight is 497 g/mol. The van der Waals surface area contributed by atoms with Crippen LogP contribution < -0.4 is 5.32 Å². The van der Waals surface area contributed by atoms with Crippen LogP contribution in [-0.4, -0.2) is 50.2 Å². The van der Waals surface area contributed by atoms with Crippen molar-refractivity contribution in [3.05, 3.63) is 53.9 Å². The van der Waals surface area contributed by atoms with Crippen molar-refractivity contribution in [3.63, 3.8) is 0 Å². The minimum Gasteiger partial charge on any atom is -0.389 e. The van der Waals surface area contributed by atoms with Gasteiger partial charge in [-0.25, -0.2) is 9.37 Å². The van der Waals surface area contributed by atoms with Crippen molar-refractivity contribution in [3.8, 4) is 0 Å². The number of aromatic nitrogens is 2. The summed E-state index contributed by atoms with van der Waals surface area (Å²) in [6, 6.07) is 2.77.